The van der Waals surface area contributed by atoms with Crippen LogP contribution in [0.3, 0.4) is 0 Å². The van der Waals surface area contributed by atoms with E-state index in [1.54, 1.807) is 6.07 Å². The minimum atomic E-state index is -1.20. The second-order valence-corrected chi connectivity index (χ2v) is 3.32. The number of carboxylic acid groups (broad SMARTS) is 1. The van der Waals surface area contributed by atoms with Crippen LogP contribution in [0.4, 0.5) is 5.69 Å². The minimum Gasteiger partial charge on any atom is -0.478 e. The van der Waals surface area contributed by atoms with Crippen molar-refractivity contribution < 1.29 is 14.7 Å². The quantitative estimate of drug-likeness (QED) is 0.806. The topological polar surface area (TPSA) is 66.4 Å². The highest BCUT2D eigenvalue weighted by atomic mass is 35.5. The predicted molar refractivity (Wildman–Crippen MR) is 57.8 cm³/mol. The number of nitrogens with one attached hydrogen (secondary N) is 1. The van der Waals surface area contributed by atoms with E-state index in [0.717, 1.165) is 0 Å². The first-order valence-electron chi connectivity index (χ1n) is 3.94. The first-order chi connectivity index (χ1) is 7.06. The number of aromatic carboxylic acids is 1. The van der Waals surface area contributed by atoms with Crippen molar-refractivity contribution >= 4 is 40.8 Å². The number of halogens is 2. The summed E-state index contributed by atoms with van der Waals surface area (Å²) >= 11 is 11.0. The monoisotopic (exact) mass is 247 g/mol. The number of carbonyl (C=O) groups excluding carboxylic acids is 1. The van der Waals surface area contributed by atoms with Crippen LogP contribution in [0.5, 0.6) is 0 Å². The molecule has 6 heteroatoms. The van der Waals surface area contributed by atoms with Gasteiger partial charge in [0, 0.05) is 0 Å². The van der Waals surface area contributed by atoms with Gasteiger partial charge in [-0.1, -0.05) is 17.7 Å². The summed E-state index contributed by atoms with van der Waals surface area (Å²) in [6.07, 6.45) is 0. The Balaban J connectivity index is 3.11. The maximum Gasteiger partial charge on any atom is 0.339 e. The molecule has 0 aliphatic heterocycles. The van der Waals surface area contributed by atoms with E-state index < -0.39 is 11.9 Å². The Morgan fingerprint density at radius 3 is 2.60 bits per heavy atom. The number of benzene rings is 1. The number of carbonyl (C=O) groups is 2. The van der Waals surface area contributed by atoms with E-state index in [2.05, 4.69) is 5.32 Å². The molecule has 0 aromatic heterocycles. The molecule has 0 fully saturated rings. The molecular formula is C9H7Cl2NO3. The van der Waals surface area contributed by atoms with E-state index >= 15 is 0 Å². The van der Waals surface area contributed by atoms with Gasteiger partial charge in [0.05, 0.1) is 10.7 Å². The van der Waals surface area contributed by atoms with E-state index in [0.29, 0.717) is 0 Å². The molecule has 1 aromatic carbocycles. The summed E-state index contributed by atoms with van der Waals surface area (Å²) < 4.78 is 0. The van der Waals surface area contributed by atoms with Gasteiger partial charge in [-0.2, -0.15) is 0 Å². The van der Waals surface area contributed by atoms with Crippen LogP contribution in [0.25, 0.3) is 0 Å². The molecule has 0 aliphatic carbocycles. The fraction of sp³-hybridized carbons (Fsp3) is 0.111. The maximum absolute atomic E-state index is 11.0. The number of rotatable bonds is 3. The molecule has 80 valence electrons. The molecule has 4 nitrogen and oxygen atoms in total. The van der Waals surface area contributed by atoms with Crippen molar-refractivity contribution in [2.75, 3.05) is 11.2 Å². The highest BCUT2D eigenvalue weighted by Crippen LogP contribution is 2.24. The smallest absolute Gasteiger partial charge is 0.339 e. The predicted octanol–water partition coefficient (Wildman–Crippen LogP) is 2.22. The average molecular weight is 248 g/mol. The van der Waals surface area contributed by atoms with Gasteiger partial charge in [-0.3, -0.25) is 4.79 Å². The normalized spacial score (nSPS) is 9.73. The van der Waals surface area contributed by atoms with Gasteiger partial charge in [0.25, 0.3) is 0 Å². The fourth-order valence-corrected chi connectivity index (χ4v) is 1.35. The van der Waals surface area contributed by atoms with Gasteiger partial charge >= 0.3 is 5.97 Å². The number of hydrogen-bond donors (Lipinski definition) is 2. The zero-order valence-corrected chi connectivity index (χ0v) is 8.97. The van der Waals surface area contributed by atoms with Crippen LogP contribution >= 0.6 is 23.2 Å². The molecule has 0 aliphatic rings. The zero-order valence-electron chi connectivity index (χ0n) is 7.46. The maximum atomic E-state index is 11.0. The van der Waals surface area contributed by atoms with Crippen LogP contribution in [0, 0.1) is 0 Å². The number of hydrogen-bond acceptors (Lipinski definition) is 2. The van der Waals surface area contributed by atoms with Crippen molar-refractivity contribution in [3.05, 3.63) is 28.8 Å². The molecule has 0 spiro atoms. The second-order valence-electron chi connectivity index (χ2n) is 2.65. The van der Waals surface area contributed by atoms with E-state index in [1.807, 2.05) is 0 Å². The summed E-state index contributed by atoms with van der Waals surface area (Å²) in [5.41, 5.74) is -0.00159. The molecule has 0 saturated carbocycles. The third-order valence-corrected chi connectivity index (χ3v) is 2.18. The molecule has 0 saturated heterocycles. The molecule has 0 atom stereocenters. The van der Waals surface area contributed by atoms with E-state index in [9.17, 15) is 9.59 Å². The summed E-state index contributed by atoms with van der Waals surface area (Å²) in [7, 11) is 0. The average Bonchev–Trinajstić information content (AvgIpc) is 2.17. The lowest BCUT2D eigenvalue weighted by Gasteiger charge is -2.07. The molecule has 0 unspecified atom stereocenters. The molecule has 2 N–H and O–H groups in total. The van der Waals surface area contributed by atoms with Crippen molar-refractivity contribution in [3.63, 3.8) is 0 Å². The molecule has 0 bridgehead atoms. The first-order valence-corrected chi connectivity index (χ1v) is 4.85. The molecule has 1 amide bonds. The van der Waals surface area contributed by atoms with Crippen molar-refractivity contribution in [1.29, 1.82) is 0 Å². The molecule has 1 rings (SSSR count). The summed E-state index contributed by atoms with van der Waals surface area (Å²) in [6, 6.07) is 4.42. The van der Waals surface area contributed by atoms with Gasteiger partial charge in [0.2, 0.25) is 5.91 Å². The fourth-order valence-electron chi connectivity index (χ4n) is 1.03. The minimum absolute atomic E-state index is 0.0647. The summed E-state index contributed by atoms with van der Waals surface area (Å²) in [5, 5.41) is 11.3. The van der Waals surface area contributed by atoms with Crippen LogP contribution in [0.1, 0.15) is 10.4 Å². The van der Waals surface area contributed by atoms with Crippen LogP contribution in [0.15, 0.2) is 18.2 Å². The van der Waals surface area contributed by atoms with Crippen molar-refractivity contribution in [1.82, 2.24) is 0 Å². The van der Waals surface area contributed by atoms with E-state index in [4.69, 9.17) is 28.3 Å². The van der Waals surface area contributed by atoms with Crippen molar-refractivity contribution in [2.45, 2.75) is 0 Å². The lowest BCUT2D eigenvalue weighted by molar-refractivity contribution is -0.113. The van der Waals surface area contributed by atoms with Crippen LogP contribution < -0.4 is 5.32 Å². The van der Waals surface area contributed by atoms with Gasteiger partial charge in [0.1, 0.15) is 11.4 Å². The Kier molecular flexibility index (Phi) is 3.94. The van der Waals surface area contributed by atoms with Gasteiger partial charge in [-0.15, -0.1) is 11.6 Å². The molecular weight excluding hydrogens is 241 g/mol. The van der Waals surface area contributed by atoms with Gasteiger partial charge < -0.3 is 10.4 Å². The number of carboxylic acids is 1. The standard InChI is InChI=1S/C9H7Cl2NO3/c10-4-7(13)12-6-3-1-2-5(11)8(6)9(14)15/h1-3H,4H2,(H,12,13)(H,14,15). The Morgan fingerprint density at radius 1 is 1.40 bits per heavy atom. The van der Waals surface area contributed by atoms with Gasteiger partial charge in [-0.25, -0.2) is 4.79 Å². The summed E-state index contributed by atoms with van der Waals surface area (Å²) in [6.45, 7) is 0. The summed E-state index contributed by atoms with van der Waals surface area (Å²) in [5.74, 6) is -1.93. The highest BCUT2D eigenvalue weighted by molar-refractivity contribution is 6.34. The number of alkyl halides is 1. The number of amides is 1. The lowest BCUT2D eigenvalue weighted by atomic mass is 10.2. The number of anilines is 1. The van der Waals surface area contributed by atoms with Crippen LogP contribution in [0.2, 0.25) is 5.02 Å². The molecule has 1 aromatic rings. The molecule has 0 heterocycles. The largest absolute Gasteiger partial charge is 0.478 e. The Hall–Kier alpha value is -1.26. The van der Waals surface area contributed by atoms with E-state index in [1.165, 1.54) is 12.1 Å². The SMILES string of the molecule is O=C(CCl)Nc1cccc(Cl)c1C(=O)O. The van der Waals surface area contributed by atoms with Crippen molar-refractivity contribution in [3.8, 4) is 0 Å². The second kappa shape index (κ2) is 5.00. The van der Waals surface area contributed by atoms with Gasteiger partial charge in [0.15, 0.2) is 0 Å². The molecule has 0 radical (unpaired) electrons. The Labute approximate surface area is 95.8 Å². The van der Waals surface area contributed by atoms with Crippen molar-refractivity contribution in [2.24, 2.45) is 0 Å². The highest BCUT2D eigenvalue weighted by Gasteiger charge is 2.15. The molecule has 15 heavy (non-hydrogen) atoms. The first kappa shape index (κ1) is 11.8. The van der Waals surface area contributed by atoms with Crippen LogP contribution in [-0.2, 0) is 4.79 Å². The van der Waals surface area contributed by atoms with Crippen LogP contribution in [-0.4, -0.2) is 22.9 Å². The van der Waals surface area contributed by atoms with Gasteiger partial charge in [-0.05, 0) is 12.1 Å². The Bertz CT molecular complexity index is 406. The zero-order chi connectivity index (χ0) is 11.4. The third kappa shape index (κ3) is 2.84. The lowest BCUT2D eigenvalue weighted by Crippen LogP contribution is -2.15. The summed E-state index contributed by atoms with van der Waals surface area (Å²) in [4.78, 5) is 21.8. The third-order valence-electron chi connectivity index (χ3n) is 1.62. The van der Waals surface area contributed by atoms with E-state index in [-0.39, 0.29) is 22.2 Å². The Morgan fingerprint density at radius 2 is 2.07 bits per heavy atom.